The minimum Gasteiger partial charge on any atom is -0.366 e. The molecular weight excluding hydrogens is 314 g/mol. The number of primary amides is 1. The first-order valence-electron chi connectivity index (χ1n) is 6.09. The van der Waals surface area contributed by atoms with Crippen LogP contribution in [0.5, 0.6) is 0 Å². The summed E-state index contributed by atoms with van der Waals surface area (Å²) in [7, 11) is -4.14. The highest BCUT2D eigenvalue weighted by Gasteiger charge is 2.19. The van der Waals surface area contributed by atoms with Crippen LogP contribution in [0.15, 0.2) is 41.3 Å². The van der Waals surface area contributed by atoms with E-state index in [0.717, 1.165) is 18.2 Å². The van der Waals surface area contributed by atoms with E-state index in [9.17, 15) is 22.0 Å². The maximum Gasteiger partial charge on any atom is 0.262 e. The molecule has 0 aliphatic rings. The predicted molar refractivity (Wildman–Crippen MR) is 76.9 cm³/mol. The molecule has 0 saturated heterocycles. The molecule has 116 valence electrons. The van der Waals surface area contributed by atoms with Crippen LogP contribution in [0.25, 0.3) is 0 Å². The molecule has 0 spiro atoms. The van der Waals surface area contributed by atoms with Crippen LogP contribution in [0.2, 0.25) is 0 Å². The van der Waals surface area contributed by atoms with E-state index in [4.69, 9.17) is 5.73 Å². The van der Waals surface area contributed by atoms with Gasteiger partial charge in [-0.25, -0.2) is 17.2 Å². The van der Waals surface area contributed by atoms with Crippen LogP contribution in [-0.4, -0.2) is 14.3 Å². The van der Waals surface area contributed by atoms with Crippen molar-refractivity contribution in [1.29, 1.82) is 0 Å². The number of nitrogens with one attached hydrogen (secondary N) is 1. The summed E-state index contributed by atoms with van der Waals surface area (Å²) in [6, 6.07) is 6.21. The molecule has 3 N–H and O–H groups in total. The van der Waals surface area contributed by atoms with Crippen LogP contribution in [0.3, 0.4) is 0 Å². The van der Waals surface area contributed by atoms with Crippen molar-refractivity contribution in [3.05, 3.63) is 59.2 Å². The standard InChI is InChI=1S/C14H12F2N2O3S/c1-8-2-4-10(7-11(8)14(17)19)22(20,21)18-13-5-3-9(15)6-12(13)16/h2-7,18H,1H3,(H2,17,19). The fourth-order valence-electron chi connectivity index (χ4n) is 1.81. The summed E-state index contributed by atoms with van der Waals surface area (Å²) in [5.74, 6) is -2.65. The highest BCUT2D eigenvalue weighted by Crippen LogP contribution is 2.21. The Morgan fingerprint density at radius 3 is 2.41 bits per heavy atom. The van der Waals surface area contributed by atoms with Crippen molar-refractivity contribution >= 4 is 21.6 Å². The SMILES string of the molecule is Cc1ccc(S(=O)(=O)Nc2ccc(F)cc2F)cc1C(N)=O. The monoisotopic (exact) mass is 326 g/mol. The molecule has 1 amide bonds. The van der Waals surface area contributed by atoms with Crippen molar-refractivity contribution in [1.82, 2.24) is 0 Å². The van der Waals surface area contributed by atoms with Crippen molar-refractivity contribution in [3.63, 3.8) is 0 Å². The summed E-state index contributed by atoms with van der Waals surface area (Å²) in [6.07, 6.45) is 0. The Balaban J connectivity index is 2.42. The van der Waals surface area contributed by atoms with E-state index in [1.54, 1.807) is 6.92 Å². The number of hydrogen-bond acceptors (Lipinski definition) is 3. The Labute approximate surface area is 125 Å². The summed E-state index contributed by atoms with van der Waals surface area (Å²) < 4.78 is 52.7. The van der Waals surface area contributed by atoms with Gasteiger partial charge < -0.3 is 5.73 Å². The number of aryl methyl sites for hydroxylation is 1. The molecule has 0 bridgehead atoms. The zero-order valence-electron chi connectivity index (χ0n) is 11.4. The topological polar surface area (TPSA) is 89.3 Å². The van der Waals surface area contributed by atoms with Crippen molar-refractivity contribution in [2.45, 2.75) is 11.8 Å². The van der Waals surface area contributed by atoms with Crippen molar-refractivity contribution < 1.29 is 22.0 Å². The Morgan fingerprint density at radius 2 is 1.82 bits per heavy atom. The number of halogens is 2. The summed E-state index contributed by atoms with van der Waals surface area (Å²) >= 11 is 0. The van der Waals surface area contributed by atoms with Crippen LogP contribution < -0.4 is 10.5 Å². The average molecular weight is 326 g/mol. The molecule has 2 aromatic carbocycles. The lowest BCUT2D eigenvalue weighted by Gasteiger charge is -2.10. The zero-order valence-corrected chi connectivity index (χ0v) is 12.2. The second-order valence-electron chi connectivity index (χ2n) is 4.57. The lowest BCUT2D eigenvalue weighted by Crippen LogP contribution is -2.17. The lowest BCUT2D eigenvalue weighted by atomic mass is 10.1. The number of hydrogen-bond donors (Lipinski definition) is 2. The minimum atomic E-state index is -4.14. The Morgan fingerprint density at radius 1 is 1.14 bits per heavy atom. The van der Waals surface area contributed by atoms with Gasteiger partial charge in [-0.3, -0.25) is 9.52 Å². The summed E-state index contributed by atoms with van der Waals surface area (Å²) in [5, 5.41) is 0. The summed E-state index contributed by atoms with van der Waals surface area (Å²) in [4.78, 5) is 11.0. The maximum absolute atomic E-state index is 13.5. The molecule has 0 aromatic heterocycles. The molecule has 22 heavy (non-hydrogen) atoms. The van der Waals surface area contributed by atoms with E-state index < -0.39 is 33.3 Å². The second kappa shape index (κ2) is 5.72. The van der Waals surface area contributed by atoms with Crippen LogP contribution in [0, 0.1) is 18.6 Å². The number of carbonyl (C=O) groups excluding carboxylic acids is 1. The van der Waals surface area contributed by atoms with Gasteiger partial charge in [-0.1, -0.05) is 6.07 Å². The lowest BCUT2D eigenvalue weighted by molar-refractivity contribution is 0.0999. The number of rotatable bonds is 4. The van der Waals surface area contributed by atoms with Gasteiger partial charge >= 0.3 is 0 Å². The van der Waals surface area contributed by atoms with Gasteiger partial charge in [0, 0.05) is 11.6 Å². The van der Waals surface area contributed by atoms with Crippen molar-refractivity contribution in [2.75, 3.05) is 4.72 Å². The maximum atomic E-state index is 13.5. The molecule has 0 aliphatic carbocycles. The Hall–Kier alpha value is -2.48. The fraction of sp³-hybridized carbons (Fsp3) is 0.0714. The first-order valence-corrected chi connectivity index (χ1v) is 7.57. The van der Waals surface area contributed by atoms with Gasteiger partial charge in [0.05, 0.1) is 10.6 Å². The summed E-state index contributed by atoms with van der Waals surface area (Å²) in [5.41, 5.74) is 5.32. The highest BCUT2D eigenvalue weighted by atomic mass is 32.2. The average Bonchev–Trinajstić information content (AvgIpc) is 2.42. The van der Waals surface area contributed by atoms with Crippen molar-refractivity contribution in [2.24, 2.45) is 5.73 Å². The highest BCUT2D eigenvalue weighted by molar-refractivity contribution is 7.92. The van der Waals surface area contributed by atoms with E-state index in [0.29, 0.717) is 11.6 Å². The van der Waals surface area contributed by atoms with Gasteiger partial charge in [0.1, 0.15) is 11.6 Å². The molecule has 0 saturated carbocycles. The van der Waals surface area contributed by atoms with Gasteiger partial charge in [-0.05, 0) is 36.8 Å². The zero-order chi connectivity index (χ0) is 16.5. The molecular formula is C14H12F2N2O3S. The molecule has 2 rings (SSSR count). The van der Waals surface area contributed by atoms with Gasteiger partial charge in [0.25, 0.3) is 10.0 Å². The number of amides is 1. The quantitative estimate of drug-likeness (QED) is 0.902. The van der Waals surface area contributed by atoms with Crippen LogP contribution in [0.4, 0.5) is 14.5 Å². The third-order valence-electron chi connectivity index (χ3n) is 2.96. The molecule has 5 nitrogen and oxygen atoms in total. The number of benzene rings is 2. The number of anilines is 1. The Kier molecular flexibility index (Phi) is 4.14. The third-order valence-corrected chi connectivity index (χ3v) is 4.32. The first kappa shape index (κ1) is 15.9. The number of nitrogens with two attached hydrogens (primary N) is 1. The molecule has 0 unspecified atom stereocenters. The molecule has 2 aromatic rings. The van der Waals surface area contributed by atoms with E-state index in [1.165, 1.54) is 12.1 Å². The third kappa shape index (κ3) is 3.22. The van der Waals surface area contributed by atoms with E-state index >= 15 is 0 Å². The first-order chi connectivity index (χ1) is 10.2. The molecule has 8 heteroatoms. The second-order valence-corrected chi connectivity index (χ2v) is 6.25. The fourth-order valence-corrected chi connectivity index (χ4v) is 2.90. The Bertz CT molecular complexity index is 851. The minimum absolute atomic E-state index is 0.0439. The molecule has 0 fully saturated rings. The largest absolute Gasteiger partial charge is 0.366 e. The number of carbonyl (C=O) groups is 1. The predicted octanol–water partition coefficient (Wildman–Crippen LogP) is 2.17. The normalized spacial score (nSPS) is 11.2. The molecule has 0 heterocycles. The van der Waals surface area contributed by atoms with Crippen LogP contribution in [0.1, 0.15) is 15.9 Å². The van der Waals surface area contributed by atoms with Crippen LogP contribution >= 0.6 is 0 Å². The van der Waals surface area contributed by atoms with E-state index in [2.05, 4.69) is 0 Å². The van der Waals surface area contributed by atoms with Crippen molar-refractivity contribution in [3.8, 4) is 0 Å². The molecule has 0 radical (unpaired) electrons. The summed E-state index contributed by atoms with van der Waals surface area (Å²) in [6.45, 7) is 1.60. The van der Waals surface area contributed by atoms with E-state index in [1.807, 2.05) is 4.72 Å². The number of sulfonamides is 1. The van der Waals surface area contributed by atoms with Gasteiger partial charge in [0.2, 0.25) is 5.91 Å². The molecule has 0 atom stereocenters. The van der Waals surface area contributed by atoms with E-state index in [-0.39, 0.29) is 10.5 Å². The van der Waals surface area contributed by atoms with Crippen LogP contribution in [-0.2, 0) is 10.0 Å². The van der Waals surface area contributed by atoms with Gasteiger partial charge in [-0.15, -0.1) is 0 Å². The van der Waals surface area contributed by atoms with Gasteiger partial charge in [0.15, 0.2) is 0 Å². The van der Waals surface area contributed by atoms with Gasteiger partial charge in [-0.2, -0.15) is 0 Å². The smallest absolute Gasteiger partial charge is 0.262 e. The molecule has 0 aliphatic heterocycles.